The average Bonchev–Trinajstić information content (AvgIpc) is 2.86. The number of amides is 3. The Bertz CT molecular complexity index is 1060. The molecule has 1 aliphatic rings. The van der Waals surface area contributed by atoms with Crippen LogP contribution in [0, 0.1) is 11.3 Å². The summed E-state index contributed by atoms with van der Waals surface area (Å²) < 4.78 is 5.14. The van der Waals surface area contributed by atoms with E-state index in [0.717, 1.165) is 6.54 Å². The molecule has 1 fully saturated rings. The number of nitrogens with one attached hydrogen (secondary N) is 2. The van der Waals surface area contributed by atoms with E-state index in [9.17, 15) is 14.4 Å². The lowest BCUT2D eigenvalue weighted by Gasteiger charge is -2.33. The van der Waals surface area contributed by atoms with Gasteiger partial charge < -0.3 is 25.2 Å². The Morgan fingerprint density at radius 2 is 1.67 bits per heavy atom. The lowest BCUT2D eigenvalue weighted by molar-refractivity contribution is -0.126. The van der Waals surface area contributed by atoms with E-state index < -0.39 is 0 Å². The van der Waals surface area contributed by atoms with E-state index in [1.807, 2.05) is 14.1 Å². The Labute approximate surface area is 214 Å². The second-order valence-corrected chi connectivity index (χ2v) is 10.4. The molecule has 0 aliphatic carbocycles. The molecule has 0 atom stereocenters. The molecule has 3 amide bonds. The Balaban J connectivity index is 1.57. The van der Waals surface area contributed by atoms with Gasteiger partial charge in [0.05, 0.1) is 18.4 Å². The average molecular weight is 495 g/mol. The number of likely N-dealkylation sites (tertiary alicyclic amines) is 1. The SMILES string of the molecule is COc1ccc(C(=O)Nc2ccccc2C(=O)N2CCC(C(=O)NCC(C)(C)CN(C)C)CC2)cc1. The van der Waals surface area contributed by atoms with E-state index in [0.29, 0.717) is 55.0 Å². The molecule has 1 aliphatic heterocycles. The van der Waals surface area contributed by atoms with E-state index >= 15 is 0 Å². The number of nitrogens with zero attached hydrogens (tertiary/aromatic N) is 2. The highest BCUT2D eigenvalue weighted by molar-refractivity contribution is 6.09. The summed E-state index contributed by atoms with van der Waals surface area (Å²) >= 11 is 0. The summed E-state index contributed by atoms with van der Waals surface area (Å²) in [5, 5.41) is 5.96. The van der Waals surface area contributed by atoms with Crippen LogP contribution >= 0.6 is 0 Å². The Morgan fingerprint density at radius 3 is 2.28 bits per heavy atom. The van der Waals surface area contributed by atoms with Crippen molar-refractivity contribution in [1.82, 2.24) is 15.1 Å². The van der Waals surface area contributed by atoms with Gasteiger partial charge in [-0.05, 0) is 68.8 Å². The minimum Gasteiger partial charge on any atom is -0.497 e. The molecule has 194 valence electrons. The highest BCUT2D eigenvalue weighted by Gasteiger charge is 2.30. The molecule has 0 bridgehead atoms. The molecule has 36 heavy (non-hydrogen) atoms. The van der Waals surface area contributed by atoms with Crippen molar-refractivity contribution in [2.45, 2.75) is 26.7 Å². The Kier molecular flexibility index (Phi) is 9.09. The fourth-order valence-electron chi connectivity index (χ4n) is 4.61. The van der Waals surface area contributed by atoms with Gasteiger partial charge in [0.1, 0.15) is 5.75 Å². The number of para-hydroxylation sites is 1. The number of ether oxygens (including phenoxy) is 1. The normalized spacial score (nSPS) is 14.4. The number of methoxy groups -OCH3 is 1. The third-order valence-corrected chi connectivity index (χ3v) is 6.40. The topological polar surface area (TPSA) is 91.0 Å². The van der Waals surface area contributed by atoms with E-state index in [4.69, 9.17) is 4.74 Å². The number of carbonyl (C=O) groups is 3. The summed E-state index contributed by atoms with van der Waals surface area (Å²) in [6.45, 7) is 6.77. The van der Waals surface area contributed by atoms with Crippen molar-refractivity contribution in [1.29, 1.82) is 0 Å². The van der Waals surface area contributed by atoms with Gasteiger partial charge in [0.25, 0.3) is 11.8 Å². The van der Waals surface area contributed by atoms with Gasteiger partial charge in [-0.25, -0.2) is 0 Å². The molecule has 0 aromatic heterocycles. The number of rotatable bonds is 9. The van der Waals surface area contributed by atoms with E-state index in [1.165, 1.54) is 0 Å². The fourth-order valence-corrected chi connectivity index (χ4v) is 4.61. The highest BCUT2D eigenvalue weighted by Crippen LogP contribution is 2.24. The van der Waals surface area contributed by atoms with Crippen LogP contribution in [0.4, 0.5) is 5.69 Å². The van der Waals surface area contributed by atoms with Gasteiger partial charge in [-0.3, -0.25) is 14.4 Å². The zero-order valence-electron chi connectivity index (χ0n) is 22.0. The van der Waals surface area contributed by atoms with E-state index in [1.54, 1.807) is 60.5 Å². The van der Waals surface area contributed by atoms with Crippen molar-refractivity contribution in [2.75, 3.05) is 52.7 Å². The van der Waals surface area contributed by atoms with Crippen LogP contribution in [0.2, 0.25) is 0 Å². The van der Waals surface area contributed by atoms with Crippen molar-refractivity contribution in [3.05, 3.63) is 59.7 Å². The first kappa shape index (κ1) is 27.2. The molecule has 8 heteroatoms. The Morgan fingerprint density at radius 1 is 1.03 bits per heavy atom. The van der Waals surface area contributed by atoms with Crippen LogP contribution in [-0.4, -0.2) is 74.9 Å². The monoisotopic (exact) mass is 494 g/mol. The summed E-state index contributed by atoms with van der Waals surface area (Å²) in [7, 11) is 5.62. The number of anilines is 1. The van der Waals surface area contributed by atoms with Gasteiger partial charge >= 0.3 is 0 Å². The summed E-state index contributed by atoms with van der Waals surface area (Å²) in [4.78, 5) is 42.7. The van der Waals surface area contributed by atoms with Crippen molar-refractivity contribution in [2.24, 2.45) is 11.3 Å². The first-order chi connectivity index (χ1) is 17.1. The summed E-state index contributed by atoms with van der Waals surface area (Å²) in [6, 6.07) is 13.8. The van der Waals surface area contributed by atoms with Crippen LogP contribution in [0.3, 0.4) is 0 Å². The maximum Gasteiger partial charge on any atom is 0.255 e. The summed E-state index contributed by atoms with van der Waals surface area (Å²) in [6.07, 6.45) is 1.23. The van der Waals surface area contributed by atoms with Crippen LogP contribution < -0.4 is 15.4 Å². The molecule has 0 unspecified atom stereocenters. The quantitative estimate of drug-likeness (QED) is 0.557. The summed E-state index contributed by atoms with van der Waals surface area (Å²) in [5.41, 5.74) is 1.35. The maximum absolute atomic E-state index is 13.3. The van der Waals surface area contributed by atoms with E-state index in [-0.39, 0.29) is 29.1 Å². The van der Waals surface area contributed by atoms with Gasteiger partial charge in [-0.15, -0.1) is 0 Å². The second-order valence-electron chi connectivity index (χ2n) is 10.4. The predicted octanol–water partition coefficient (Wildman–Crippen LogP) is 3.50. The molecular formula is C28H38N4O4. The lowest BCUT2D eigenvalue weighted by atomic mass is 9.91. The second kappa shape index (κ2) is 12.0. The molecule has 1 saturated heterocycles. The molecular weight excluding hydrogens is 456 g/mol. The van der Waals surface area contributed by atoms with Crippen molar-refractivity contribution in [3.63, 3.8) is 0 Å². The number of carbonyl (C=O) groups excluding carboxylic acids is 3. The minimum atomic E-state index is -0.300. The molecule has 0 radical (unpaired) electrons. The molecule has 1 heterocycles. The molecule has 0 saturated carbocycles. The van der Waals surface area contributed by atoms with Crippen molar-refractivity contribution in [3.8, 4) is 5.75 Å². The predicted molar refractivity (Wildman–Crippen MR) is 141 cm³/mol. The maximum atomic E-state index is 13.3. The Hall–Kier alpha value is -3.39. The highest BCUT2D eigenvalue weighted by atomic mass is 16.5. The number of benzene rings is 2. The molecule has 2 aromatic carbocycles. The van der Waals surface area contributed by atoms with Gasteiger partial charge in [-0.1, -0.05) is 26.0 Å². The fraction of sp³-hybridized carbons (Fsp3) is 0.464. The van der Waals surface area contributed by atoms with Crippen LogP contribution in [0.1, 0.15) is 47.4 Å². The first-order valence-electron chi connectivity index (χ1n) is 12.4. The zero-order chi connectivity index (χ0) is 26.3. The largest absolute Gasteiger partial charge is 0.497 e. The molecule has 0 spiro atoms. The van der Waals surface area contributed by atoms with Crippen LogP contribution in [0.25, 0.3) is 0 Å². The molecule has 2 N–H and O–H groups in total. The van der Waals surface area contributed by atoms with Gasteiger partial charge in [0, 0.05) is 37.7 Å². The van der Waals surface area contributed by atoms with Crippen LogP contribution in [-0.2, 0) is 4.79 Å². The van der Waals surface area contributed by atoms with Gasteiger partial charge in [0.2, 0.25) is 5.91 Å². The standard InChI is InChI=1S/C28H38N4O4/c1-28(2,19-31(3)4)18-29-25(33)21-14-16-32(17-15-21)27(35)23-8-6-7-9-24(23)30-26(34)20-10-12-22(36-5)13-11-20/h6-13,21H,14-19H2,1-5H3,(H,29,33)(H,30,34). The number of hydrogen-bond acceptors (Lipinski definition) is 5. The van der Waals surface area contributed by atoms with Crippen molar-refractivity contribution < 1.29 is 19.1 Å². The molecule has 8 nitrogen and oxygen atoms in total. The number of piperidine rings is 1. The van der Waals surface area contributed by atoms with E-state index in [2.05, 4.69) is 29.4 Å². The number of hydrogen-bond donors (Lipinski definition) is 2. The van der Waals surface area contributed by atoms with Gasteiger partial charge in [0.15, 0.2) is 0 Å². The van der Waals surface area contributed by atoms with Crippen LogP contribution in [0.15, 0.2) is 48.5 Å². The third kappa shape index (κ3) is 7.31. The molecule has 2 aromatic rings. The smallest absolute Gasteiger partial charge is 0.255 e. The molecule has 3 rings (SSSR count). The van der Waals surface area contributed by atoms with Crippen molar-refractivity contribution >= 4 is 23.4 Å². The third-order valence-electron chi connectivity index (χ3n) is 6.40. The summed E-state index contributed by atoms with van der Waals surface area (Å²) in [5.74, 6) is 0.170. The van der Waals surface area contributed by atoms with Gasteiger partial charge in [-0.2, -0.15) is 0 Å². The lowest BCUT2D eigenvalue weighted by Crippen LogP contribution is -2.46. The zero-order valence-corrected chi connectivity index (χ0v) is 22.0. The first-order valence-corrected chi connectivity index (χ1v) is 12.4. The van der Waals surface area contributed by atoms with Crippen LogP contribution in [0.5, 0.6) is 5.75 Å². The minimum absolute atomic E-state index is 0.0181.